The van der Waals surface area contributed by atoms with Crippen molar-refractivity contribution in [2.75, 3.05) is 11.9 Å². The van der Waals surface area contributed by atoms with E-state index in [0.29, 0.717) is 18.6 Å². The molecule has 3 unspecified atom stereocenters. The number of amides is 1. The van der Waals surface area contributed by atoms with Gasteiger partial charge in [0, 0.05) is 30.0 Å². The Hall–Kier alpha value is -1.69. The lowest BCUT2D eigenvalue weighted by Gasteiger charge is -2.55. The molecule has 0 radical (unpaired) electrons. The van der Waals surface area contributed by atoms with Gasteiger partial charge in [0.25, 0.3) is 5.91 Å². The summed E-state index contributed by atoms with van der Waals surface area (Å²) in [6.07, 6.45) is 1.08. The van der Waals surface area contributed by atoms with Gasteiger partial charge in [-0.3, -0.25) is 4.79 Å². The predicted molar refractivity (Wildman–Crippen MR) is 73.9 cm³/mol. The van der Waals surface area contributed by atoms with E-state index in [4.69, 9.17) is 10.5 Å². The van der Waals surface area contributed by atoms with Crippen LogP contribution in [0.15, 0.2) is 12.1 Å². The van der Waals surface area contributed by atoms with E-state index in [9.17, 15) is 13.6 Å². The molecule has 21 heavy (non-hydrogen) atoms. The molecular weight excluding hydrogens is 278 g/mol. The number of hydrogen-bond acceptors (Lipinski definition) is 3. The van der Waals surface area contributed by atoms with Crippen LogP contribution < -0.4 is 11.1 Å². The maximum absolute atomic E-state index is 13.9. The van der Waals surface area contributed by atoms with Gasteiger partial charge in [-0.15, -0.1) is 0 Å². The van der Waals surface area contributed by atoms with E-state index in [1.807, 2.05) is 13.8 Å². The Bertz CT molecular complexity index is 604. The topological polar surface area (TPSA) is 64.3 Å². The molecule has 0 bridgehead atoms. The molecule has 4 nitrogen and oxygen atoms in total. The van der Waals surface area contributed by atoms with Gasteiger partial charge in [-0.05, 0) is 12.5 Å². The fourth-order valence-electron chi connectivity index (χ4n) is 3.63. The normalized spacial score (nSPS) is 29.6. The summed E-state index contributed by atoms with van der Waals surface area (Å²) >= 11 is 0. The zero-order valence-electron chi connectivity index (χ0n) is 12.0. The second-order valence-electron chi connectivity index (χ2n) is 6.36. The summed E-state index contributed by atoms with van der Waals surface area (Å²) in [6, 6.07) is 1.86. The standard InChI is InChI=1S/C15H18F2N2O2/c1-15(2)12(7-3-4-21-13(7)15)19-11-5-8(14(18)20)9(16)6-10(11)17/h5-7,12-13,19H,3-4H2,1-2H3,(H2,18,20). The minimum absolute atomic E-state index is 0.0192. The van der Waals surface area contributed by atoms with Gasteiger partial charge in [-0.25, -0.2) is 8.78 Å². The van der Waals surface area contributed by atoms with Crippen molar-refractivity contribution in [1.82, 2.24) is 0 Å². The third kappa shape index (κ3) is 2.09. The fourth-order valence-corrected chi connectivity index (χ4v) is 3.63. The molecule has 1 aromatic carbocycles. The van der Waals surface area contributed by atoms with Crippen LogP contribution in [-0.2, 0) is 4.74 Å². The summed E-state index contributed by atoms with van der Waals surface area (Å²) in [4.78, 5) is 11.2. The third-order valence-corrected chi connectivity index (χ3v) is 4.73. The number of rotatable bonds is 3. The predicted octanol–water partition coefficient (Wildman–Crippen LogP) is 2.29. The summed E-state index contributed by atoms with van der Waals surface area (Å²) in [5, 5.41) is 3.10. The highest BCUT2D eigenvalue weighted by Crippen LogP contribution is 2.53. The van der Waals surface area contributed by atoms with E-state index >= 15 is 0 Å². The summed E-state index contributed by atoms with van der Waals surface area (Å²) < 4.78 is 33.1. The molecule has 2 fully saturated rings. The number of anilines is 1. The molecule has 1 aromatic rings. The molecule has 3 atom stereocenters. The van der Waals surface area contributed by atoms with Crippen LogP contribution in [0.25, 0.3) is 0 Å². The van der Waals surface area contributed by atoms with Gasteiger partial charge in [-0.2, -0.15) is 0 Å². The molecule has 1 amide bonds. The first kappa shape index (κ1) is 14.3. The molecule has 114 valence electrons. The van der Waals surface area contributed by atoms with Crippen LogP contribution in [0, 0.1) is 23.0 Å². The van der Waals surface area contributed by atoms with Crippen LogP contribution in [0.3, 0.4) is 0 Å². The van der Waals surface area contributed by atoms with Gasteiger partial charge >= 0.3 is 0 Å². The maximum atomic E-state index is 13.9. The molecule has 6 heteroatoms. The van der Waals surface area contributed by atoms with Crippen molar-refractivity contribution in [1.29, 1.82) is 0 Å². The van der Waals surface area contributed by atoms with Crippen molar-refractivity contribution in [2.45, 2.75) is 32.4 Å². The minimum atomic E-state index is -0.944. The van der Waals surface area contributed by atoms with E-state index in [-0.39, 0.29) is 28.8 Å². The highest BCUT2D eigenvalue weighted by atomic mass is 19.1. The molecule has 3 rings (SSSR count). The number of hydrogen-bond donors (Lipinski definition) is 2. The third-order valence-electron chi connectivity index (χ3n) is 4.73. The van der Waals surface area contributed by atoms with E-state index < -0.39 is 17.5 Å². The van der Waals surface area contributed by atoms with E-state index in [2.05, 4.69) is 5.32 Å². The van der Waals surface area contributed by atoms with Gasteiger partial charge in [0.1, 0.15) is 11.6 Å². The van der Waals surface area contributed by atoms with Crippen molar-refractivity contribution in [3.63, 3.8) is 0 Å². The zero-order valence-corrected chi connectivity index (χ0v) is 12.0. The Morgan fingerprint density at radius 3 is 2.76 bits per heavy atom. The van der Waals surface area contributed by atoms with Crippen molar-refractivity contribution in [3.8, 4) is 0 Å². The summed E-state index contributed by atoms with van der Waals surface area (Å²) in [5.74, 6) is -2.27. The van der Waals surface area contributed by atoms with Gasteiger partial charge in [0.2, 0.25) is 0 Å². The number of benzene rings is 1. The lowest BCUT2D eigenvalue weighted by Crippen LogP contribution is -2.63. The molecule has 1 saturated carbocycles. The zero-order chi connectivity index (χ0) is 15.4. The average molecular weight is 296 g/mol. The highest BCUT2D eigenvalue weighted by molar-refractivity contribution is 5.94. The number of primary amides is 1. The van der Waals surface area contributed by atoms with Gasteiger partial charge in [-0.1, -0.05) is 13.8 Å². The largest absolute Gasteiger partial charge is 0.379 e. The molecule has 1 aliphatic carbocycles. The first-order valence-electron chi connectivity index (χ1n) is 6.99. The van der Waals surface area contributed by atoms with Crippen molar-refractivity contribution in [2.24, 2.45) is 17.1 Å². The Morgan fingerprint density at radius 2 is 2.10 bits per heavy atom. The number of halogens is 2. The van der Waals surface area contributed by atoms with E-state index in [1.54, 1.807) is 0 Å². The van der Waals surface area contributed by atoms with Gasteiger partial charge in [0.05, 0.1) is 17.4 Å². The number of fused-ring (bicyclic) bond motifs is 1. The minimum Gasteiger partial charge on any atom is -0.379 e. The lowest BCUT2D eigenvalue weighted by atomic mass is 9.57. The number of nitrogens with one attached hydrogen (secondary N) is 1. The second kappa shape index (κ2) is 4.66. The lowest BCUT2D eigenvalue weighted by molar-refractivity contribution is -0.0923. The summed E-state index contributed by atoms with van der Waals surface area (Å²) in [5.41, 5.74) is 4.75. The first-order chi connectivity index (χ1) is 9.82. The fraction of sp³-hybridized carbons (Fsp3) is 0.533. The Labute approximate surface area is 121 Å². The maximum Gasteiger partial charge on any atom is 0.251 e. The van der Waals surface area contributed by atoms with Crippen LogP contribution in [0.1, 0.15) is 30.6 Å². The average Bonchev–Trinajstić information content (AvgIpc) is 2.83. The highest BCUT2D eigenvalue weighted by Gasteiger charge is 2.59. The van der Waals surface area contributed by atoms with Crippen LogP contribution in [0.2, 0.25) is 0 Å². The van der Waals surface area contributed by atoms with Crippen molar-refractivity contribution in [3.05, 3.63) is 29.3 Å². The molecule has 0 spiro atoms. The van der Waals surface area contributed by atoms with Crippen molar-refractivity contribution >= 4 is 11.6 Å². The molecule has 2 aliphatic rings. The number of carbonyl (C=O) groups is 1. The Kier molecular flexibility index (Phi) is 3.16. The van der Waals surface area contributed by atoms with E-state index in [1.165, 1.54) is 0 Å². The Morgan fingerprint density at radius 1 is 1.38 bits per heavy atom. The molecule has 1 aliphatic heterocycles. The number of carbonyl (C=O) groups excluding carboxylic acids is 1. The first-order valence-corrected chi connectivity index (χ1v) is 6.99. The number of ether oxygens (including phenoxy) is 1. The van der Waals surface area contributed by atoms with Crippen LogP contribution in [0.5, 0.6) is 0 Å². The van der Waals surface area contributed by atoms with Gasteiger partial charge in [0.15, 0.2) is 0 Å². The molecule has 0 aromatic heterocycles. The summed E-state index contributed by atoms with van der Waals surface area (Å²) in [7, 11) is 0. The van der Waals surface area contributed by atoms with Crippen molar-refractivity contribution < 1.29 is 18.3 Å². The smallest absolute Gasteiger partial charge is 0.251 e. The second-order valence-corrected chi connectivity index (χ2v) is 6.36. The van der Waals surface area contributed by atoms with Crippen LogP contribution in [0.4, 0.5) is 14.5 Å². The SMILES string of the molecule is CC1(C)C(Nc2cc(C(N)=O)c(F)cc2F)C2CCOC21. The Balaban J connectivity index is 1.88. The van der Waals surface area contributed by atoms with E-state index in [0.717, 1.165) is 12.5 Å². The van der Waals surface area contributed by atoms with Crippen LogP contribution in [-0.4, -0.2) is 24.7 Å². The van der Waals surface area contributed by atoms with Gasteiger partial charge < -0.3 is 15.8 Å². The monoisotopic (exact) mass is 296 g/mol. The molecule has 3 N–H and O–H groups in total. The number of nitrogens with two attached hydrogens (primary N) is 1. The molecule has 1 heterocycles. The molecular formula is C15H18F2N2O2. The molecule has 1 saturated heterocycles. The quantitative estimate of drug-likeness (QED) is 0.899. The summed E-state index contributed by atoms with van der Waals surface area (Å²) in [6.45, 7) is 4.80. The van der Waals surface area contributed by atoms with Crippen LogP contribution >= 0.6 is 0 Å².